The van der Waals surface area contributed by atoms with E-state index in [0.717, 1.165) is 11.3 Å². The summed E-state index contributed by atoms with van der Waals surface area (Å²) in [7, 11) is 0. The molecule has 160 valence electrons. The molecule has 1 saturated heterocycles. The lowest BCUT2D eigenvalue weighted by atomic mass is 10.2. The monoisotopic (exact) mass is 437 g/mol. The molecule has 0 aromatic heterocycles. The summed E-state index contributed by atoms with van der Waals surface area (Å²) in [5.74, 6) is -0.155. The van der Waals surface area contributed by atoms with Gasteiger partial charge >= 0.3 is 0 Å². The molecule has 1 fully saturated rings. The third-order valence-corrected chi connectivity index (χ3v) is 5.81. The Labute approximate surface area is 187 Å². The number of carbonyl (C=O) groups is 1. The molecule has 4 nitrogen and oxygen atoms in total. The summed E-state index contributed by atoms with van der Waals surface area (Å²) in [6.07, 6.45) is 0. The van der Waals surface area contributed by atoms with Crippen LogP contribution in [0, 0.1) is 5.82 Å². The van der Waals surface area contributed by atoms with Crippen molar-refractivity contribution in [1.82, 2.24) is 4.90 Å². The second kappa shape index (κ2) is 9.84. The second-order valence-corrected chi connectivity index (χ2v) is 8.07. The summed E-state index contributed by atoms with van der Waals surface area (Å²) in [4.78, 5) is 19.0. The molecular formula is C25H25ClFN3O. The van der Waals surface area contributed by atoms with E-state index in [-0.39, 0.29) is 18.3 Å². The quantitative estimate of drug-likeness (QED) is 0.552. The number of hydrogen-bond acceptors (Lipinski definition) is 3. The van der Waals surface area contributed by atoms with Gasteiger partial charge in [0.15, 0.2) is 0 Å². The number of amides is 1. The van der Waals surface area contributed by atoms with Crippen LogP contribution in [0.2, 0.25) is 5.02 Å². The molecule has 3 aromatic rings. The number of rotatable bonds is 6. The van der Waals surface area contributed by atoms with Crippen molar-refractivity contribution in [3.05, 3.63) is 95.3 Å². The zero-order valence-electron chi connectivity index (χ0n) is 17.3. The van der Waals surface area contributed by atoms with Crippen LogP contribution in [0.25, 0.3) is 0 Å². The minimum Gasteiger partial charge on any atom is -0.366 e. The Morgan fingerprint density at radius 2 is 1.52 bits per heavy atom. The predicted octanol–water partition coefficient (Wildman–Crippen LogP) is 4.83. The molecule has 0 bridgehead atoms. The summed E-state index contributed by atoms with van der Waals surface area (Å²) in [5, 5.41) is 0.666. The fraction of sp³-hybridized carbons (Fsp3) is 0.240. The third kappa shape index (κ3) is 5.36. The highest BCUT2D eigenvalue weighted by Crippen LogP contribution is 2.22. The standard InChI is InChI=1S/C25H25ClFN3O/c26-21-10-12-22(13-11-21)30(18-20-6-2-1-3-7-20)19-25(31)29-16-14-28(15-17-29)24-9-5-4-8-23(24)27/h1-13H,14-19H2. The average molecular weight is 438 g/mol. The number of para-hydroxylation sites is 1. The Bertz CT molecular complexity index is 1000. The molecule has 0 radical (unpaired) electrons. The molecule has 0 atom stereocenters. The molecule has 0 N–H and O–H groups in total. The molecule has 0 spiro atoms. The maximum absolute atomic E-state index is 14.1. The van der Waals surface area contributed by atoms with Gasteiger partial charge < -0.3 is 14.7 Å². The second-order valence-electron chi connectivity index (χ2n) is 7.64. The molecule has 1 amide bonds. The van der Waals surface area contributed by atoms with Gasteiger partial charge in [0.05, 0.1) is 12.2 Å². The van der Waals surface area contributed by atoms with Crippen LogP contribution in [0.5, 0.6) is 0 Å². The highest BCUT2D eigenvalue weighted by molar-refractivity contribution is 6.30. The van der Waals surface area contributed by atoms with Crippen molar-refractivity contribution in [1.29, 1.82) is 0 Å². The number of halogens is 2. The first-order chi connectivity index (χ1) is 15.1. The minimum absolute atomic E-state index is 0.0686. The number of anilines is 2. The molecule has 6 heteroatoms. The van der Waals surface area contributed by atoms with Gasteiger partial charge in [-0.05, 0) is 42.0 Å². The van der Waals surface area contributed by atoms with E-state index in [9.17, 15) is 9.18 Å². The van der Waals surface area contributed by atoms with Gasteiger partial charge in [0, 0.05) is 43.4 Å². The Kier molecular flexibility index (Phi) is 6.73. The topological polar surface area (TPSA) is 26.8 Å². The molecule has 0 unspecified atom stereocenters. The predicted molar refractivity (Wildman–Crippen MR) is 124 cm³/mol. The van der Waals surface area contributed by atoms with Crippen molar-refractivity contribution in [2.45, 2.75) is 6.54 Å². The highest BCUT2D eigenvalue weighted by atomic mass is 35.5. The summed E-state index contributed by atoms with van der Waals surface area (Å²) < 4.78 is 14.1. The van der Waals surface area contributed by atoms with Gasteiger partial charge in [0.1, 0.15) is 5.82 Å². The summed E-state index contributed by atoms with van der Waals surface area (Å²) >= 11 is 6.05. The summed E-state index contributed by atoms with van der Waals surface area (Å²) in [6.45, 7) is 3.29. The smallest absolute Gasteiger partial charge is 0.242 e. The van der Waals surface area contributed by atoms with E-state index in [1.807, 2.05) is 58.3 Å². The number of benzene rings is 3. The maximum atomic E-state index is 14.1. The average Bonchev–Trinajstić information content (AvgIpc) is 2.80. The molecule has 0 aliphatic carbocycles. The van der Waals surface area contributed by atoms with E-state index in [1.165, 1.54) is 6.07 Å². The fourth-order valence-electron chi connectivity index (χ4n) is 3.86. The Morgan fingerprint density at radius 3 is 2.19 bits per heavy atom. The largest absolute Gasteiger partial charge is 0.366 e. The molecule has 1 aliphatic rings. The van der Waals surface area contributed by atoms with Gasteiger partial charge in [-0.25, -0.2) is 4.39 Å². The molecule has 4 rings (SSSR count). The van der Waals surface area contributed by atoms with Crippen LogP contribution < -0.4 is 9.80 Å². The van der Waals surface area contributed by atoms with Gasteiger partial charge in [-0.15, -0.1) is 0 Å². The van der Waals surface area contributed by atoms with Gasteiger partial charge in [0.25, 0.3) is 0 Å². The van der Waals surface area contributed by atoms with Crippen molar-refractivity contribution >= 4 is 28.9 Å². The number of carbonyl (C=O) groups excluding carboxylic acids is 1. The normalized spacial score (nSPS) is 13.9. The highest BCUT2D eigenvalue weighted by Gasteiger charge is 2.24. The van der Waals surface area contributed by atoms with E-state index < -0.39 is 0 Å². The fourth-order valence-corrected chi connectivity index (χ4v) is 3.99. The van der Waals surface area contributed by atoms with Crippen molar-refractivity contribution in [2.24, 2.45) is 0 Å². The van der Waals surface area contributed by atoms with Crippen molar-refractivity contribution < 1.29 is 9.18 Å². The first-order valence-corrected chi connectivity index (χ1v) is 10.8. The van der Waals surface area contributed by atoms with E-state index in [0.29, 0.717) is 43.4 Å². The molecule has 1 heterocycles. The Morgan fingerprint density at radius 1 is 0.871 bits per heavy atom. The number of nitrogens with zero attached hydrogens (tertiary/aromatic N) is 3. The first kappa shape index (κ1) is 21.2. The zero-order chi connectivity index (χ0) is 21.6. The van der Waals surface area contributed by atoms with E-state index in [1.54, 1.807) is 12.1 Å². The maximum Gasteiger partial charge on any atom is 0.242 e. The molecule has 3 aromatic carbocycles. The van der Waals surface area contributed by atoms with Gasteiger partial charge in [-0.3, -0.25) is 4.79 Å². The van der Waals surface area contributed by atoms with Crippen LogP contribution in [0.15, 0.2) is 78.9 Å². The minimum atomic E-state index is -0.223. The van der Waals surface area contributed by atoms with Crippen LogP contribution in [-0.2, 0) is 11.3 Å². The SMILES string of the molecule is O=C(CN(Cc1ccccc1)c1ccc(Cl)cc1)N1CCN(c2ccccc2F)CC1. The van der Waals surface area contributed by atoms with E-state index in [2.05, 4.69) is 17.0 Å². The van der Waals surface area contributed by atoms with Crippen LogP contribution in [0.1, 0.15) is 5.56 Å². The first-order valence-electron chi connectivity index (χ1n) is 10.4. The van der Waals surface area contributed by atoms with Crippen LogP contribution in [0.4, 0.5) is 15.8 Å². The lowest BCUT2D eigenvalue weighted by Gasteiger charge is -2.37. The summed E-state index contributed by atoms with van der Waals surface area (Å²) in [6, 6.07) is 24.4. The molecule has 0 saturated carbocycles. The van der Waals surface area contributed by atoms with E-state index in [4.69, 9.17) is 11.6 Å². The van der Waals surface area contributed by atoms with Crippen molar-refractivity contribution in [3.8, 4) is 0 Å². The van der Waals surface area contributed by atoms with Crippen LogP contribution in [-0.4, -0.2) is 43.5 Å². The summed E-state index contributed by atoms with van der Waals surface area (Å²) in [5.41, 5.74) is 2.68. The van der Waals surface area contributed by atoms with E-state index >= 15 is 0 Å². The van der Waals surface area contributed by atoms with Crippen molar-refractivity contribution in [2.75, 3.05) is 42.5 Å². The Balaban J connectivity index is 1.42. The van der Waals surface area contributed by atoms with Gasteiger partial charge in [0.2, 0.25) is 5.91 Å². The number of hydrogen-bond donors (Lipinski definition) is 0. The molecule has 31 heavy (non-hydrogen) atoms. The zero-order valence-corrected chi connectivity index (χ0v) is 18.0. The molecular weight excluding hydrogens is 413 g/mol. The van der Waals surface area contributed by atoms with Crippen LogP contribution in [0.3, 0.4) is 0 Å². The third-order valence-electron chi connectivity index (χ3n) is 5.56. The lowest BCUT2D eigenvalue weighted by Crippen LogP contribution is -2.51. The van der Waals surface area contributed by atoms with Gasteiger partial charge in [-0.2, -0.15) is 0 Å². The number of piperazine rings is 1. The van der Waals surface area contributed by atoms with Crippen LogP contribution >= 0.6 is 11.6 Å². The molecule has 1 aliphatic heterocycles. The van der Waals surface area contributed by atoms with Gasteiger partial charge in [-0.1, -0.05) is 54.1 Å². The lowest BCUT2D eigenvalue weighted by molar-refractivity contribution is -0.130. The van der Waals surface area contributed by atoms with Crippen molar-refractivity contribution in [3.63, 3.8) is 0 Å². The Hall–Kier alpha value is -3.05.